The van der Waals surface area contributed by atoms with Crippen LogP contribution in [0.4, 0.5) is 0 Å². The van der Waals surface area contributed by atoms with E-state index >= 15 is 0 Å². The average Bonchev–Trinajstić information content (AvgIpc) is 2.18. The maximum absolute atomic E-state index is 10.3. The molecule has 0 fully saturated rings. The van der Waals surface area contributed by atoms with Crippen molar-refractivity contribution in [2.45, 2.75) is 19.3 Å². The molecule has 4 nitrogen and oxygen atoms in total. The first kappa shape index (κ1) is 10.2. The highest BCUT2D eigenvalue weighted by atomic mass is 16.4. The summed E-state index contributed by atoms with van der Waals surface area (Å²) >= 11 is 0. The van der Waals surface area contributed by atoms with Crippen molar-refractivity contribution < 1.29 is 9.90 Å². The first-order valence-corrected chi connectivity index (χ1v) is 4.30. The predicted molar refractivity (Wildman–Crippen MR) is 49.5 cm³/mol. The van der Waals surface area contributed by atoms with Crippen LogP contribution in [-0.4, -0.2) is 16.1 Å². The molecule has 0 aliphatic heterocycles. The van der Waals surface area contributed by atoms with Crippen molar-refractivity contribution in [1.82, 2.24) is 4.98 Å². The van der Waals surface area contributed by atoms with Crippen LogP contribution in [0.3, 0.4) is 0 Å². The number of rotatable bonds is 4. The number of aryl methyl sites for hydroxylation is 1. The van der Waals surface area contributed by atoms with Gasteiger partial charge in [0.25, 0.3) is 0 Å². The van der Waals surface area contributed by atoms with E-state index in [0.717, 1.165) is 5.56 Å². The third-order valence-electron chi connectivity index (χ3n) is 1.83. The quantitative estimate of drug-likeness (QED) is 0.777. The van der Waals surface area contributed by atoms with E-state index in [2.05, 4.69) is 4.98 Å². The van der Waals surface area contributed by atoms with Crippen molar-refractivity contribution in [2.75, 3.05) is 0 Å². The van der Waals surface area contributed by atoms with Crippen molar-refractivity contribution in [2.24, 2.45) is 0 Å². The minimum Gasteiger partial charge on any atom is -0.481 e. The molecule has 1 aromatic rings. The number of aromatic nitrogens is 1. The van der Waals surface area contributed by atoms with Crippen LogP contribution in [-0.2, 0) is 11.2 Å². The van der Waals surface area contributed by atoms with E-state index in [4.69, 9.17) is 10.4 Å². The Morgan fingerprint density at radius 2 is 2.43 bits per heavy atom. The largest absolute Gasteiger partial charge is 0.481 e. The maximum atomic E-state index is 10.3. The van der Waals surface area contributed by atoms with Gasteiger partial charge in [0.05, 0.1) is 0 Å². The highest BCUT2D eigenvalue weighted by Crippen LogP contribution is 2.08. The number of pyridine rings is 1. The highest BCUT2D eigenvalue weighted by molar-refractivity contribution is 5.66. The monoisotopic (exact) mass is 190 g/mol. The van der Waals surface area contributed by atoms with E-state index in [0.29, 0.717) is 18.5 Å². The third kappa shape index (κ3) is 2.87. The SMILES string of the molecule is N#Cc1ncccc1CCCC(=O)O. The third-order valence-corrected chi connectivity index (χ3v) is 1.83. The maximum Gasteiger partial charge on any atom is 0.303 e. The van der Waals surface area contributed by atoms with E-state index in [1.807, 2.05) is 6.07 Å². The lowest BCUT2D eigenvalue weighted by Crippen LogP contribution is -1.98. The van der Waals surface area contributed by atoms with E-state index in [-0.39, 0.29) is 6.42 Å². The van der Waals surface area contributed by atoms with Gasteiger partial charge in [-0.2, -0.15) is 5.26 Å². The number of hydrogen-bond donors (Lipinski definition) is 1. The standard InChI is InChI=1S/C10H10N2O2/c11-7-9-8(4-2-6-12-9)3-1-5-10(13)14/h2,4,6H,1,3,5H2,(H,13,14). The summed E-state index contributed by atoms with van der Waals surface area (Å²) in [5.74, 6) is -0.813. The zero-order valence-corrected chi connectivity index (χ0v) is 7.60. The van der Waals surface area contributed by atoms with Crippen LogP contribution >= 0.6 is 0 Å². The molecule has 0 aliphatic carbocycles. The molecule has 0 radical (unpaired) electrons. The van der Waals surface area contributed by atoms with Gasteiger partial charge in [0.1, 0.15) is 11.8 Å². The lowest BCUT2D eigenvalue weighted by molar-refractivity contribution is -0.137. The van der Waals surface area contributed by atoms with E-state index in [1.165, 1.54) is 0 Å². The van der Waals surface area contributed by atoms with Crippen LogP contribution in [0.15, 0.2) is 18.3 Å². The zero-order chi connectivity index (χ0) is 10.4. The minimum atomic E-state index is -0.813. The number of aliphatic carboxylic acids is 1. The van der Waals surface area contributed by atoms with Crippen LogP contribution in [0.1, 0.15) is 24.1 Å². The second-order valence-corrected chi connectivity index (χ2v) is 2.87. The molecule has 4 heteroatoms. The van der Waals surface area contributed by atoms with E-state index in [9.17, 15) is 4.79 Å². The molecule has 1 heterocycles. The topological polar surface area (TPSA) is 74.0 Å². The Hall–Kier alpha value is -1.89. The average molecular weight is 190 g/mol. The Balaban J connectivity index is 2.59. The predicted octanol–water partition coefficient (Wildman–Crippen LogP) is 1.36. The highest BCUT2D eigenvalue weighted by Gasteiger charge is 2.03. The fourth-order valence-electron chi connectivity index (χ4n) is 1.17. The van der Waals surface area contributed by atoms with Crippen LogP contribution in [0.2, 0.25) is 0 Å². The van der Waals surface area contributed by atoms with Gasteiger partial charge in [0.2, 0.25) is 0 Å². The van der Waals surface area contributed by atoms with Crippen molar-refractivity contribution in [1.29, 1.82) is 5.26 Å². The van der Waals surface area contributed by atoms with Crippen molar-refractivity contribution in [3.8, 4) is 6.07 Å². The molecule has 72 valence electrons. The smallest absolute Gasteiger partial charge is 0.303 e. The summed E-state index contributed by atoms with van der Waals surface area (Å²) in [5.41, 5.74) is 1.20. The number of carbonyl (C=O) groups is 1. The molecule has 0 unspecified atom stereocenters. The molecule has 14 heavy (non-hydrogen) atoms. The van der Waals surface area contributed by atoms with Crippen molar-refractivity contribution in [3.63, 3.8) is 0 Å². The van der Waals surface area contributed by atoms with Crippen LogP contribution in [0.25, 0.3) is 0 Å². The molecular formula is C10H10N2O2. The summed E-state index contributed by atoms with van der Waals surface area (Å²) in [6.45, 7) is 0. The number of carboxylic acid groups (broad SMARTS) is 1. The molecule has 0 bridgehead atoms. The van der Waals surface area contributed by atoms with Crippen LogP contribution < -0.4 is 0 Å². The summed E-state index contributed by atoms with van der Waals surface area (Å²) in [7, 11) is 0. The Morgan fingerprint density at radius 3 is 3.07 bits per heavy atom. The summed E-state index contributed by atoms with van der Waals surface area (Å²) < 4.78 is 0. The van der Waals surface area contributed by atoms with E-state index < -0.39 is 5.97 Å². The fourth-order valence-corrected chi connectivity index (χ4v) is 1.17. The van der Waals surface area contributed by atoms with Gasteiger partial charge in [-0.15, -0.1) is 0 Å². The van der Waals surface area contributed by atoms with Gasteiger partial charge >= 0.3 is 5.97 Å². The number of hydrogen-bond acceptors (Lipinski definition) is 3. The van der Waals surface area contributed by atoms with E-state index in [1.54, 1.807) is 18.3 Å². The lowest BCUT2D eigenvalue weighted by atomic mass is 10.1. The molecule has 0 saturated heterocycles. The molecule has 0 atom stereocenters. The first-order valence-electron chi connectivity index (χ1n) is 4.30. The summed E-state index contributed by atoms with van der Waals surface area (Å²) in [6.07, 6.45) is 2.80. The molecule has 0 aromatic carbocycles. The lowest BCUT2D eigenvalue weighted by Gasteiger charge is -2.00. The van der Waals surface area contributed by atoms with Gasteiger partial charge in [-0.1, -0.05) is 6.07 Å². The molecule has 0 saturated carbocycles. The Labute approximate surface area is 81.8 Å². The van der Waals surface area contributed by atoms with Gasteiger partial charge in [-0.3, -0.25) is 4.79 Å². The summed E-state index contributed by atoms with van der Waals surface area (Å²) in [5, 5.41) is 17.1. The zero-order valence-electron chi connectivity index (χ0n) is 7.60. The van der Waals surface area contributed by atoms with Crippen LogP contribution in [0, 0.1) is 11.3 Å². The minimum absolute atomic E-state index is 0.125. The Kier molecular flexibility index (Phi) is 3.62. The first-order chi connectivity index (χ1) is 6.74. The van der Waals surface area contributed by atoms with Gasteiger partial charge in [-0.25, -0.2) is 4.98 Å². The van der Waals surface area contributed by atoms with Crippen LogP contribution in [0.5, 0.6) is 0 Å². The Bertz CT molecular complexity index is 369. The number of carboxylic acids is 1. The molecule has 0 amide bonds. The fraction of sp³-hybridized carbons (Fsp3) is 0.300. The molecule has 0 spiro atoms. The molecule has 1 rings (SSSR count). The normalized spacial score (nSPS) is 9.36. The summed E-state index contributed by atoms with van der Waals surface area (Å²) in [4.78, 5) is 14.1. The van der Waals surface area contributed by atoms with Gasteiger partial charge in [-0.05, 0) is 24.5 Å². The molecule has 1 N–H and O–H groups in total. The van der Waals surface area contributed by atoms with Gasteiger partial charge in [0, 0.05) is 12.6 Å². The van der Waals surface area contributed by atoms with Crippen molar-refractivity contribution >= 4 is 5.97 Å². The van der Waals surface area contributed by atoms with Crippen molar-refractivity contribution in [3.05, 3.63) is 29.6 Å². The number of nitrogens with zero attached hydrogens (tertiary/aromatic N) is 2. The van der Waals surface area contributed by atoms with Gasteiger partial charge < -0.3 is 5.11 Å². The molecular weight excluding hydrogens is 180 g/mol. The molecule has 0 aliphatic rings. The number of nitriles is 1. The second-order valence-electron chi connectivity index (χ2n) is 2.87. The second kappa shape index (κ2) is 4.97. The Morgan fingerprint density at radius 1 is 1.64 bits per heavy atom. The molecule has 1 aromatic heterocycles. The van der Waals surface area contributed by atoms with Gasteiger partial charge in [0.15, 0.2) is 0 Å². The summed E-state index contributed by atoms with van der Waals surface area (Å²) in [6, 6.07) is 5.52.